The molecule has 158 valence electrons. The quantitative estimate of drug-likeness (QED) is 0.326. The number of benzene rings is 3. The summed E-state index contributed by atoms with van der Waals surface area (Å²) >= 11 is 0. The van der Waals surface area contributed by atoms with Crippen LogP contribution in [0, 0.1) is 0 Å². The number of hydrogen-bond donors (Lipinski definition) is 1. The minimum absolute atomic E-state index is 0.0689. The number of nitrogens with one attached hydrogen (secondary N) is 1. The molecule has 0 aliphatic rings. The summed E-state index contributed by atoms with van der Waals surface area (Å²) in [6.45, 7) is 1.41. The zero-order valence-electron chi connectivity index (χ0n) is 16.4. The molecular formula is C23H17F3N2O3. The Morgan fingerprint density at radius 1 is 1.03 bits per heavy atom. The molecule has 0 aliphatic carbocycles. The van der Waals surface area contributed by atoms with Gasteiger partial charge in [0.25, 0.3) is 0 Å². The largest absolute Gasteiger partial charge is 0.486 e. The second-order valence-electron chi connectivity index (χ2n) is 6.82. The Morgan fingerprint density at radius 2 is 1.77 bits per heavy atom. The highest BCUT2D eigenvalue weighted by Crippen LogP contribution is 2.32. The van der Waals surface area contributed by atoms with Crippen LogP contribution in [0.15, 0.2) is 66.7 Å². The van der Waals surface area contributed by atoms with Gasteiger partial charge in [0.15, 0.2) is 0 Å². The van der Waals surface area contributed by atoms with Gasteiger partial charge >= 0.3 is 12.1 Å². The van der Waals surface area contributed by atoms with Crippen molar-refractivity contribution in [3.05, 3.63) is 78.1 Å². The number of nitrogens with zero attached hydrogens (tertiary/aromatic N) is 1. The Labute approximate surface area is 175 Å². The number of alkyl halides is 3. The molecule has 0 bridgehead atoms. The van der Waals surface area contributed by atoms with Crippen LogP contribution in [0.3, 0.4) is 0 Å². The molecule has 0 saturated carbocycles. The molecule has 0 radical (unpaired) electrons. The Hall–Kier alpha value is -3.81. The number of carbonyl (C=O) groups is 1. The Bertz CT molecular complexity index is 1230. The van der Waals surface area contributed by atoms with E-state index in [2.05, 4.69) is 9.97 Å². The number of halogens is 3. The van der Waals surface area contributed by atoms with Crippen LogP contribution >= 0.6 is 0 Å². The van der Waals surface area contributed by atoms with Crippen LogP contribution < -0.4 is 9.47 Å². The fraction of sp³-hybridized carbons (Fsp3) is 0.130. The predicted molar refractivity (Wildman–Crippen MR) is 109 cm³/mol. The zero-order chi connectivity index (χ0) is 22.0. The summed E-state index contributed by atoms with van der Waals surface area (Å²) < 4.78 is 48.8. The highest BCUT2D eigenvalue weighted by molar-refractivity contribution is 5.84. The number of carbonyl (C=O) groups excluding carboxylic acids is 1. The lowest BCUT2D eigenvalue weighted by molar-refractivity contribution is -0.137. The van der Waals surface area contributed by atoms with E-state index in [0.717, 1.165) is 28.8 Å². The van der Waals surface area contributed by atoms with Gasteiger partial charge in [-0.1, -0.05) is 24.3 Å². The lowest BCUT2D eigenvalue weighted by atomic mass is 10.0. The van der Waals surface area contributed by atoms with Crippen molar-refractivity contribution >= 4 is 17.0 Å². The highest BCUT2D eigenvalue weighted by atomic mass is 19.4. The van der Waals surface area contributed by atoms with Crippen LogP contribution in [-0.2, 0) is 17.6 Å². The average molecular weight is 426 g/mol. The first-order valence-electron chi connectivity index (χ1n) is 9.36. The average Bonchev–Trinajstić information content (AvgIpc) is 3.14. The van der Waals surface area contributed by atoms with Crippen LogP contribution in [-0.4, -0.2) is 15.9 Å². The number of ether oxygens (including phenoxy) is 2. The van der Waals surface area contributed by atoms with Crippen molar-refractivity contribution < 1.29 is 27.4 Å². The first-order valence-corrected chi connectivity index (χ1v) is 9.36. The molecule has 0 aliphatic heterocycles. The van der Waals surface area contributed by atoms with Gasteiger partial charge in [0.05, 0.1) is 16.6 Å². The van der Waals surface area contributed by atoms with Gasteiger partial charge in [0.2, 0.25) is 0 Å². The van der Waals surface area contributed by atoms with E-state index >= 15 is 0 Å². The van der Waals surface area contributed by atoms with Crippen LogP contribution in [0.25, 0.3) is 22.2 Å². The third kappa shape index (κ3) is 4.69. The number of aromatic amines is 1. The number of rotatable bonds is 5. The fourth-order valence-electron chi connectivity index (χ4n) is 3.14. The van der Waals surface area contributed by atoms with E-state index in [1.165, 1.54) is 19.1 Å². The number of hydrogen-bond acceptors (Lipinski definition) is 4. The number of imidazole rings is 1. The molecule has 5 nitrogen and oxygen atoms in total. The lowest BCUT2D eigenvalue weighted by Gasteiger charge is -2.08. The topological polar surface area (TPSA) is 64.2 Å². The molecule has 3 aromatic carbocycles. The van der Waals surface area contributed by atoms with E-state index < -0.39 is 17.7 Å². The molecule has 0 saturated heterocycles. The van der Waals surface area contributed by atoms with Crippen molar-refractivity contribution in [1.82, 2.24) is 9.97 Å². The van der Waals surface area contributed by atoms with Crippen LogP contribution in [0.2, 0.25) is 0 Å². The number of esters is 1. The van der Waals surface area contributed by atoms with Crippen LogP contribution in [0.1, 0.15) is 18.3 Å². The molecule has 4 aromatic rings. The summed E-state index contributed by atoms with van der Waals surface area (Å²) in [5.74, 6) is 0.891. The van der Waals surface area contributed by atoms with Crippen molar-refractivity contribution in [3.63, 3.8) is 0 Å². The molecule has 1 aromatic heterocycles. The van der Waals surface area contributed by atoms with Gasteiger partial charge < -0.3 is 14.5 Å². The van der Waals surface area contributed by atoms with Crippen LogP contribution in [0.5, 0.6) is 11.5 Å². The van der Waals surface area contributed by atoms with Crippen molar-refractivity contribution in [1.29, 1.82) is 0 Å². The van der Waals surface area contributed by atoms with E-state index in [9.17, 15) is 18.0 Å². The number of H-pyrrole nitrogens is 1. The Balaban J connectivity index is 1.53. The van der Waals surface area contributed by atoms with Gasteiger partial charge in [0.1, 0.15) is 23.9 Å². The molecule has 31 heavy (non-hydrogen) atoms. The molecule has 1 heterocycles. The summed E-state index contributed by atoms with van der Waals surface area (Å²) in [6.07, 6.45) is -4.39. The molecule has 8 heteroatoms. The van der Waals surface area contributed by atoms with Crippen molar-refractivity contribution in [2.24, 2.45) is 0 Å². The van der Waals surface area contributed by atoms with E-state index in [0.29, 0.717) is 22.8 Å². The van der Waals surface area contributed by atoms with Crippen molar-refractivity contribution in [2.75, 3.05) is 0 Å². The molecule has 0 amide bonds. The highest BCUT2D eigenvalue weighted by Gasteiger charge is 2.30. The van der Waals surface area contributed by atoms with E-state index in [1.807, 2.05) is 30.3 Å². The molecular weight excluding hydrogens is 409 g/mol. The maximum Gasteiger partial charge on any atom is 0.416 e. The molecule has 4 rings (SSSR count). The Morgan fingerprint density at radius 3 is 2.48 bits per heavy atom. The Kier molecular flexibility index (Phi) is 5.37. The summed E-state index contributed by atoms with van der Waals surface area (Å²) in [5.41, 5.74) is 2.32. The summed E-state index contributed by atoms with van der Waals surface area (Å²) in [7, 11) is 0. The standard InChI is InChI=1S/C23H17F3N2O3/c1-14(29)31-21-5-3-2-4-18(21)15-6-11-19-20(12-15)28-22(27-19)13-30-17-9-7-16(8-10-17)23(24,25)26/h2-12H,13H2,1H3,(H,27,28). The predicted octanol–water partition coefficient (Wildman–Crippen LogP) is 5.75. The van der Waals surface area contributed by atoms with Gasteiger partial charge in [-0.25, -0.2) is 4.98 Å². The minimum atomic E-state index is -4.39. The third-order valence-electron chi connectivity index (χ3n) is 4.54. The lowest BCUT2D eigenvalue weighted by Crippen LogP contribution is -2.04. The van der Waals surface area contributed by atoms with Crippen molar-refractivity contribution in [3.8, 4) is 22.6 Å². The maximum absolute atomic E-state index is 12.7. The fourth-order valence-corrected chi connectivity index (χ4v) is 3.14. The monoisotopic (exact) mass is 426 g/mol. The second-order valence-corrected chi connectivity index (χ2v) is 6.82. The van der Waals surface area contributed by atoms with Gasteiger partial charge in [-0.15, -0.1) is 0 Å². The zero-order valence-corrected chi connectivity index (χ0v) is 16.4. The molecule has 0 unspecified atom stereocenters. The summed E-state index contributed by atoms with van der Waals surface area (Å²) in [4.78, 5) is 19.0. The summed E-state index contributed by atoms with van der Waals surface area (Å²) in [6, 6.07) is 17.3. The van der Waals surface area contributed by atoms with Crippen molar-refractivity contribution in [2.45, 2.75) is 19.7 Å². The van der Waals surface area contributed by atoms with E-state index in [1.54, 1.807) is 12.1 Å². The molecule has 1 N–H and O–H groups in total. The maximum atomic E-state index is 12.7. The van der Waals surface area contributed by atoms with E-state index in [-0.39, 0.29) is 6.61 Å². The molecule has 0 fully saturated rings. The minimum Gasteiger partial charge on any atom is -0.486 e. The third-order valence-corrected chi connectivity index (χ3v) is 4.54. The van der Waals surface area contributed by atoms with E-state index in [4.69, 9.17) is 9.47 Å². The number of fused-ring (bicyclic) bond motifs is 1. The first-order chi connectivity index (χ1) is 14.8. The normalized spacial score (nSPS) is 11.5. The number of para-hydroxylation sites is 1. The smallest absolute Gasteiger partial charge is 0.416 e. The second kappa shape index (κ2) is 8.14. The number of aromatic nitrogens is 2. The first kappa shape index (κ1) is 20.5. The van der Waals surface area contributed by atoms with Gasteiger partial charge in [0, 0.05) is 12.5 Å². The summed E-state index contributed by atoms with van der Waals surface area (Å²) in [5, 5.41) is 0. The molecule has 0 atom stereocenters. The van der Waals surface area contributed by atoms with Gasteiger partial charge in [-0.3, -0.25) is 4.79 Å². The van der Waals surface area contributed by atoms with Gasteiger partial charge in [-0.2, -0.15) is 13.2 Å². The SMILES string of the molecule is CC(=O)Oc1ccccc1-c1ccc2nc(COc3ccc(C(F)(F)F)cc3)[nH]c2c1. The van der Waals surface area contributed by atoms with Gasteiger partial charge in [-0.05, 0) is 48.0 Å². The van der Waals surface area contributed by atoms with Crippen LogP contribution in [0.4, 0.5) is 13.2 Å². The molecule has 0 spiro atoms.